The van der Waals surface area contributed by atoms with E-state index in [-0.39, 0.29) is 11.1 Å². The van der Waals surface area contributed by atoms with Crippen LogP contribution in [0.3, 0.4) is 0 Å². The second kappa shape index (κ2) is 3.95. The van der Waals surface area contributed by atoms with E-state index in [1.54, 1.807) is 0 Å². The van der Waals surface area contributed by atoms with Crippen LogP contribution >= 0.6 is 0 Å². The zero-order valence-corrected chi connectivity index (χ0v) is 6.91. The van der Waals surface area contributed by atoms with Gasteiger partial charge in [0.2, 0.25) is 0 Å². The van der Waals surface area contributed by atoms with Gasteiger partial charge in [-0.05, 0) is 6.07 Å². The third kappa shape index (κ3) is 2.12. The standard InChI is InChI=1S/C9H6F2O3/c10-8(11)6-3-1-2-5(4-6)7(12)9(13)14/h1-4,8H,(H,13,14). The molecule has 1 N–H and O–H groups in total. The number of benzene rings is 1. The molecule has 14 heavy (non-hydrogen) atoms. The average molecular weight is 200 g/mol. The van der Waals surface area contributed by atoms with Gasteiger partial charge in [0.05, 0.1) is 0 Å². The van der Waals surface area contributed by atoms with Crippen molar-refractivity contribution in [2.24, 2.45) is 0 Å². The Morgan fingerprint density at radius 3 is 2.43 bits per heavy atom. The normalized spacial score (nSPS) is 10.2. The molecule has 0 fully saturated rings. The number of carboxylic acids is 1. The van der Waals surface area contributed by atoms with Gasteiger partial charge in [0.15, 0.2) is 0 Å². The molecule has 74 valence electrons. The Morgan fingerprint density at radius 2 is 1.93 bits per heavy atom. The molecule has 5 heteroatoms. The third-order valence-electron chi connectivity index (χ3n) is 1.60. The van der Waals surface area contributed by atoms with Crippen molar-refractivity contribution in [2.45, 2.75) is 6.43 Å². The molecular formula is C9H6F2O3. The van der Waals surface area contributed by atoms with E-state index in [2.05, 4.69) is 0 Å². The Bertz CT molecular complexity index is 374. The van der Waals surface area contributed by atoms with E-state index >= 15 is 0 Å². The molecule has 0 aliphatic heterocycles. The Morgan fingerprint density at radius 1 is 1.29 bits per heavy atom. The quantitative estimate of drug-likeness (QED) is 0.598. The zero-order chi connectivity index (χ0) is 10.7. The Balaban J connectivity index is 3.06. The van der Waals surface area contributed by atoms with Crippen molar-refractivity contribution in [1.82, 2.24) is 0 Å². The number of alkyl halides is 2. The van der Waals surface area contributed by atoms with Crippen LogP contribution in [0.1, 0.15) is 22.3 Å². The smallest absolute Gasteiger partial charge is 0.377 e. The van der Waals surface area contributed by atoms with Crippen LogP contribution in [0, 0.1) is 0 Å². The number of rotatable bonds is 3. The highest BCUT2D eigenvalue weighted by Crippen LogP contribution is 2.19. The highest BCUT2D eigenvalue weighted by molar-refractivity contribution is 6.39. The first kappa shape index (κ1) is 10.3. The molecule has 0 radical (unpaired) electrons. The summed E-state index contributed by atoms with van der Waals surface area (Å²) in [4.78, 5) is 21.1. The van der Waals surface area contributed by atoms with Crippen LogP contribution in [-0.4, -0.2) is 16.9 Å². The molecule has 0 unspecified atom stereocenters. The van der Waals surface area contributed by atoms with E-state index in [4.69, 9.17) is 5.11 Å². The molecule has 0 bridgehead atoms. The number of hydrogen-bond donors (Lipinski definition) is 1. The van der Waals surface area contributed by atoms with Crippen molar-refractivity contribution in [2.75, 3.05) is 0 Å². The van der Waals surface area contributed by atoms with E-state index in [1.165, 1.54) is 12.1 Å². The lowest BCUT2D eigenvalue weighted by atomic mass is 10.1. The van der Waals surface area contributed by atoms with Crippen LogP contribution in [0.4, 0.5) is 8.78 Å². The summed E-state index contributed by atoms with van der Waals surface area (Å²) >= 11 is 0. The molecule has 0 heterocycles. The van der Waals surface area contributed by atoms with E-state index < -0.39 is 18.2 Å². The number of carbonyl (C=O) groups excluding carboxylic acids is 1. The maximum atomic E-state index is 12.2. The van der Waals surface area contributed by atoms with Crippen LogP contribution in [0.5, 0.6) is 0 Å². The summed E-state index contributed by atoms with van der Waals surface area (Å²) in [6, 6.07) is 4.41. The summed E-state index contributed by atoms with van der Waals surface area (Å²) in [5, 5.41) is 8.33. The summed E-state index contributed by atoms with van der Waals surface area (Å²) in [6.45, 7) is 0. The summed E-state index contributed by atoms with van der Waals surface area (Å²) in [5.41, 5.74) is -0.604. The molecule has 1 aromatic rings. The Kier molecular flexibility index (Phi) is 2.91. The van der Waals surface area contributed by atoms with Crippen molar-refractivity contribution in [3.63, 3.8) is 0 Å². The number of ketones is 1. The largest absolute Gasteiger partial charge is 0.475 e. The minimum absolute atomic E-state index is 0.240. The SMILES string of the molecule is O=C(O)C(=O)c1cccc(C(F)F)c1. The molecule has 0 aliphatic rings. The fraction of sp³-hybridized carbons (Fsp3) is 0.111. The fourth-order valence-electron chi connectivity index (χ4n) is 0.939. The summed E-state index contributed by atoms with van der Waals surface area (Å²) in [6.07, 6.45) is -2.71. The first-order valence-electron chi connectivity index (χ1n) is 3.68. The van der Waals surface area contributed by atoms with E-state index in [1.807, 2.05) is 0 Å². The van der Waals surface area contributed by atoms with Crippen molar-refractivity contribution in [3.8, 4) is 0 Å². The minimum atomic E-state index is -2.71. The van der Waals surface area contributed by atoms with Gasteiger partial charge in [-0.1, -0.05) is 18.2 Å². The topological polar surface area (TPSA) is 54.4 Å². The lowest BCUT2D eigenvalue weighted by Crippen LogP contribution is -2.12. The first-order chi connectivity index (χ1) is 6.52. The number of carboxylic acid groups (broad SMARTS) is 1. The lowest BCUT2D eigenvalue weighted by Gasteiger charge is -2.00. The lowest BCUT2D eigenvalue weighted by molar-refractivity contribution is -0.131. The minimum Gasteiger partial charge on any atom is -0.475 e. The van der Waals surface area contributed by atoms with Gasteiger partial charge in [-0.2, -0.15) is 0 Å². The molecule has 0 aliphatic carbocycles. The predicted molar refractivity (Wildman–Crippen MR) is 43.4 cm³/mol. The van der Waals surface area contributed by atoms with Gasteiger partial charge < -0.3 is 5.11 Å². The van der Waals surface area contributed by atoms with Gasteiger partial charge in [-0.15, -0.1) is 0 Å². The predicted octanol–water partition coefficient (Wildman–Crippen LogP) is 1.89. The molecule has 1 aromatic carbocycles. The van der Waals surface area contributed by atoms with Crippen LogP contribution in [0.25, 0.3) is 0 Å². The van der Waals surface area contributed by atoms with Gasteiger partial charge in [-0.3, -0.25) is 4.79 Å². The van der Waals surface area contributed by atoms with Crippen molar-refractivity contribution in [1.29, 1.82) is 0 Å². The summed E-state index contributed by atoms with van der Waals surface area (Å²) < 4.78 is 24.3. The van der Waals surface area contributed by atoms with Crippen molar-refractivity contribution >= 4 is 11.8 Å². The average Bonchev–Trinajstić information content (AvgIpc) is 2.16. The molecule has 0 atom stereocenters. The van der Waals surface area contributed by atoms with Crippen LogP contribution in [0.2, 0.25) is 0 Å². The highest BCUT2D eigenvalue weighted by Gasteiger charge is 2.16. The molecule has 0 amide bonds. The molecule has 0 aromatic heterocycles. The van der Waals surface area contributed by atoms with Gasteiger partial charge >= 0.3 is 5.97 Å². The highest BCUT2D eigenvalue weighted by atomic mass is 19.3. The van der Waals surface area contributed by atoms with Gasteiger partial charge in [0, 0.05) is 11.1 Å². The monoisotopic (exact) mass is 200 g/mol. The van der Waals surface area contributed by atoms with Crippen molar-refractivity contribution < 1.29 is 23.5 Å². The number of carbonyl (C=O) groups is 2. The summed E-state index contributed by atoms with van der Waals surface area (Å²) in [7, 11) is 0. The summed E-state index contributed by atoms with van der Waals surface area (Å²) in [5.74, 6) is -2.84. The second-order valence-electron chi connectivity index (χ2n) is 2.56. The Hall–Kier alpha value is -1.78. The maximum absolute atomic E-state index is 12.2. The fourth-order valence-corrected chi connectivity index (χ4v) is 0.939. The van der Waals surface area contributed by atoms with Crippen LogP contribution < -0.4 is 0 Å². The molecule has 0 saturated heterocycles. The molecule has 1 rings (SSSR count). The number of halogens is 2. The van der Waals surface area contributed by atoms with Gasteiger partial charge in [0.1, 0.15) is 0 Å². The number of hydrogen-bond acceptors (Lipinski definition) is 2. The molecule has 3 nitrogen and oxygen atoms in total. The van der Waals surface area contributed by atoms with Gasteiger partial charge in [0.25, 0.3) is 12.2 Å². The van der Waals surface area contributed by atoms with E-state index in [0.29, 0.717) is 0 Å². The van der Waals surface area contributed by atoms with E-state index in [0.717, 1.165) is 12.1 Å². The maximum Gasteiger partial charge on any atom is 0.377 e. The first-order valence-corrected chi connectivity index (χ1v) is 3.68. The Labute approximate surface area is 78.0 Å². The second-order valence-corrected chi connectivity index (χ2v) is 2.56. The number of aliphatic carboxylic acids is 1. The van der Waals surface area contributed by atoms with Crippen LogP contribution in [-0.2, 0) is 4.79 Å². The molecule has 0 spiro atoms. The van der Waals surface area contributed by atoms with Crippen LogP contribution in [0.15, 0.2) is 24.3 Å². The third-order valence-corrected chi connectivity index (χ3v) is 1.60. The number of Topliss-reactive ketones (excluding diaryl/α,β-unsaturated/α-hetero) is 1. The van der Waals surface area contributed by atoms with E-state index in [9.17, 15) is 18.4 Å². The molecular weight excluding hydrogens is 194 g/mol. The van der Waals surface area contributed by atoms with Crippen molar-refractivity contribution in [3.05, 3.63) is 35.4 Å². The van der Waals surface area contributed by atoms with Gasteiger partial charge in [-0.25, -0.2) is 13.6 Å². The zero-order valence-electron chi connectivity index (χ0n) is 6.91. The molecule has 0 saturated carbocycles.